The molecule has 0 fully saturated rings. The van der Waals surface area contributed by atoms with Crippen molar-refractivity contribution in [3.05, 3.63) is 34.8 Å². The highest BCUT2D eigenvalue weighted by Gasteiger charge is 2.13. The third-order valence-corrected chi connectivity index (χ3v) is 3.05. The number of carboxylic acid groups (broad SMARTS) is 1. The number of aromatic carboxylic acids is 1. The number of carbonyl (C=O) groups is 1. The third kappa shape index (κ3) is 2.36. The number of aromatic nitrogens is 1. The smallest absolute Gasteiger partial charge is 0.337 e. The van der Waals surface area contributed by atoms with Gasteiger partial charge in [-0.1, -0.05) is 6.07 Å². The highest BCUT2D eigenvalue weighted by Crippen LogP contribution is 2.28. The van der Waals surface area contributed by atoms with Crippen LogP contribution < -0.4 is 11.1 Å². The van der Waals surface area contributed by atoms with Gasteiger partial charge in [-0.25, -0.2) is 9.78 Å². The molecule has 0 saturated heterocycles. The molecule has 0 spiro atoms. The predicted octanol–water partition coefficient (Wildman–Crippen LogP) is 2.48. The quantitative estimate of drug-likeness (QED) is 0.727. The van der Waals surface area contributed by atoms with Crippen LogP contribution in [0.15, 0.2) is 23.6 Å². The number of nitrogens with two attached hydrogens (primary N) is 1. The number of carboxylic acids is 1. The molecule has 88 valence electrons. The van der Waals surface area contributed by atoms with E-state index in [1.165, 1.54) is 17.4 Å². The molecule has 4 N–H and O–H groups in total. The molecule has 17 heavy (non-hydrogen) atoms. The summed E-state index contributed by atoms with van der Waals surface area (Å²) in [5.74, 6) is -1.02. The molecule has 2 rings (SSSR count). The van der Waals surface area contributed by atoms with Crippen LogP contribution in [-0.4, -0.2) is 16.1 Å². The lowest BCUT2D eigenvalue weighted by Gasteiger charge is -2.09. The fourth-order valence-corrected chi connectivity index (χ4v) is 2.10. The number of nitrogen functional groups attached to an aromatic ring is 1. The molecule has 0 saturated carbocycles. The third-order valence-electron chi connectivity index (χ3n) is 2.18. The molecular formula is C11H11N3O2S. The maximum atomic E-state index is 11.1. The second-order valence-electron chi connectivity index (χ2n) is 3.49. The molecule has 0 aliphatic heterocycles. The topological polar surface area (TPSA) is 88.2 Å². The molecule has 0 radical (unpaired) electrons. The fraction of sp³-hybridized carbons (Fsp3) is 0.0909. The van der Waals surface area contributed by atoms with Gasteiger partial charge < -0.3 is 16.2 Å². The van der Waals surface area contributed by atoms with Crippen molar-refractivity contribution >= 4 is 33.8 Å². The predicted molar refractivity (Wildman–Crippen MR) is 67.9 cm³/mol. The van der Waals surface area contributed by atoms with Crippen molar-refractivity contribution in [3.63, 3.8) is 0 Å². The molecule has 0 aliphatic rings. The first kappa shape index (κ1) is 11.4. The van der Waals surface area contributed by atoms with Gasteiger partial charge in [0.1, 0.15) is 0 Å². The minimum atomic E-state index is -1.02. The fourth-order valence-electron chi connectivity index (χ4n) is 1.41. The highest BCUT2D eigenvalue weighted by molar-refractivity contribution is 7.13. The molecule has 1 heterocycles. The monoisotopic (exact) mass is 249 g/mol. The van der Waals surface area contributed by atoms with Gasteiger partial charge in [-0.15, -0.1) is 11.3 Å². The lowest BCUT2D eigenvalue weighted by Crippen LogP contribution is -2.05. The largest absolute Gasteiger partial charge is 0.478 e. The van der Waals surface area contributed by atoms with Gasteiger partial charge >= 0.3 is 5.97 Å². The Kier molecular flexibility index (Phi) is 2.97. The Hall–Kier alpha value is -2.08. The SMILES string of the molecule is Cc1csc(Nc2c(N)cccc2C(=O)O)n1. The highest BCUT2D eigenvalue weighted by atomic mass is 32.1. The van der Waals surface area contributed by atoms with Gasteiger partial charge in [-0.2, -0.15) is 0 Å². The summed E-state index contributed by atoms with van der Waals surface area (Å²) in [4.78, 5) is 15.3. The number of rotatable bonds is 3. The Morgan fingerprint density at radius 2 is 2.29 bits per heavy atom. The van der Waals surface area contributed by atoms with E-state index in [2.05, 4.69) is 10.3 Å². The van der Waals surface area contributed by atoms with Crippen LogP contribution in [0.4, 0.5) is 16.5 Å². The molecular weight excluding hydrogens is 238 g/mol. The number of benzene rings is 1. The standard InChI is InChI=1S/C11H11N3O2S/c1-6-5-17-11(13-6)14-9-7(10(15)16)3-2-4-8(9)12/h2-5H,12H2,1H3,(H,13,14)(H,15,16). The van der Waals surface area contributed by atoms with Crippen molar-refractivity contribution in [2.24, 2.45) is 0 Å². The molecule has 0 aliphatic carbocycles. The number of para-hydroxylation sites is 1. The van der Waals surface area contributed by atoms with Gasteiger partial charge in [-0.05, 0) is 19.1 Å². The maximum Gasteiger partial charge on any atom is 0.337 e. The van der Waals surface area contributed by atoms with E-state index in [0.29, 0.717) is 16.5 Å². The summed E-state index contributed by atoms with van der Waals surface area (Å²) in [6, 6.07) is 4.76. The number of thiazole rings is 1. The van der Waals surface area contributed by atoms with Gasteiger partial charge in [0.25, 0.3) is 0 Å². The summed E-state index contributed by atoms with van der Waals surface area (Å²) in [6.45, 7) is 1.87. The van der Waals surface area contributed by atoms with Gasteiger partial charge in [0.05, 0.1) is 22.6 Å². The number of anilines is 3. The zero-order valence-electron chi connectivity index (χ0n) is 9.10. The van der Waals surface area contributed by atoms with Gasteiger partial charge in [-0.3, -0.25) is 0 Å². The second kappa shape index (κ2) is 4.42. The van der Waals surface area contributed by atoms with Crippen LogP contribution in [0.5, 0.6) is 0 Å². The summed E-state index contributed by atoms with van der Waals surface area (Å²) < 4.78 is 0. The zero-order chi connectivity index (χ0) is 12.4. The zero-order valence-corrected chi connectivity index (χ0v) is 9.91. The number of hydrogen-bond donors (Lipinski definition) is 3. The summed E-state index contributed by atoms with van der Waals surface area (Å²) in [6.07, 6.45) is 0. The van der Waals surface area contributed by atoms with Crippen LogP contribution in [0, 0.1) is 6.92 Å². The van der Waals surface area contributed by atoms with E-state index < -0.39 is 5.97 Å². The number of nitrogens with one attached hydrogen (secondary N) is 1. The molecule has 5 nitrogen and oxygen atoms in total. The molecule has 1 aromatic heterocycles. The van der Waals surface area contributed by atoms with Crippen molar-refractivity contribution in [2.45, 2.75) is 6.92 Å². The molecule has 0 atom stereocenters. The van der Waals surface area contributed by atoms with Crippen molar-refractivity contribution in [3.8, 4) is 0 Å². The van der Waals surface area contributed by atoms with Crippen LogP contribution in [-0.2, 0) is 0 Å². The Morgan fingerprint density at radius 1 is 1.53 bits per heavy atom. The Bertz CT molecular complexity index is 566. The number of nitrogens with zero attached hydrogens (tertiary/aromatic N) is 1. The van der Waals surface area contributed by atoms with E-state index in [4.69, 9.17) is 10.8 Å². The van der Waals surface area contributed by atoms with Crippen molar-refractivity contribution in [1.82, 2.24) is 4.98 Å². The van der Waals surface area contributed by atoms with E-state index in [9.17, 15) is 4.79 Å². The van der Waals surface area contributed by atoms with E-state index in [-0.39, 0.29) is 5.56 Å². The second-order valence-corrected chi connectivity index (χ2v) is 4.35. The normalized spacial score (nSPS) is 10.2. The van der Waals surface area contributed by atoms with Crippen LogP contribution in [0.1, 0.15) is 16.1 Å². The lowest BCUT2D eigenvalue weighted by atomic mass is 10.1. The first-order chi connectivity index (χ1) is 8.08. The van der Waals surface area contributed by atoms with Crippen LogP contribution in [0.25, 0.3) is 0 Å². The van der Waals surface area contributed by atoms with Gasteiger partial charge in [0.2, 0.25) is 0 Å². The minimum Gasteiger partial charge on any atom is -0.478 e. The van der Waals surface area contributed by atoms with Gasteiger partial charge in [0.15, 0.2) is 5.13 Å². The number of aryl methyl sites for hydroxylation is 1. The summed E-state index contributed by atoms with van der Waals surface area (Å²) in [5.41, 5.74) is 7.55. The average molecular weight is 249 g/mol. The minimum absolute atomic E-state index is 0.137. The maximum absolute atomic E-state index is 11.1. The van der Waals surface area contributed by atoms with Crippen LogP contribution in [0.2, 0.25) is 0 Å². The number of hydrogen-bond acceptors (Lipinski definition) is 5. The summed E-state index contributed by atoms with van der Waals surface area (Å²) >= 11 is 1.40. The van der Waals surface area contributed by atoms with E-state index in [1.54, 1.807) is 12.1 Å². The average Bonchev–Trinajstić information content (AvgIpc) is 2.67. The summed E-state index contributed by atoms with van der Waals surface area (Å²) in [7, 11) is 0. The van der Waals surface area contributed by atoms with E-state index in [0.717, 1.165) is 5.69 Å². The Labute approximate surface area is 102 Å². The van der Waals surface area contributed by atoms with Crippen molar-refractivity contribution in [2.75, 3.05) is 11.1 Å². The Morgan fingerprint density at radius 3 is 2.88 bits per heavy atom. The molecule has 0 unspecified atom stereocenters. The molecule has 6 heteroatoms. The first-order valence-corrected chi connectivity index (χ1v) is 5.77. The summed E-state index contributed by atoms with van der Waals surface area (Å²) in [5, 5.41) is 14.5. The van der Waals surface area contributed by atoms with Crippen LogP contribution >= 0.6 is 11.3 Å². The molecule has 2 aromatic rings. The molecule has 1 aromatic carbocycles. The molecule has 0 bridgehead atoms. The van der Waals surface area contributed by atoms with Gasteiger partial charge in [0, 0.05) is 5.38 Å². The van der Waals surface area contributed by atoms with Crippen molar-refractivity contribution < 1.29 is 9.90 Å². The van der Waals surface area contributed by atoms with Crippen molar-refractivity contribution in [1.29, 1.82) is 0 Å². The lowest BCUT2D eigenvalue weighted by molar-refractivity contribution is 0.0698. The van der Waals surface area contributed by atoms with E-state index in [1.807, 2.05) is 12.3 Å². The Balaban J connectivity index is 2.40. The first-order valence-electron chi connectivity index (χ1n) is 4.89. The van der Waals surface area contributed by atoms with E-state index >= 15 is 0 Å². The van der Waals surface area contributed by atoms with Crippen LogP contribution in [0.3, 0.4) is 0 Å². The molecule has 0 amide bonds.